The molecule has 0 aliphatic heterocycles. The molecule has 0 N–H and O–H groups in total. The number of carbonyl (C=O) groups is 2. The van der Waals surface area contributed by atoms with E-state index in [0.29, 0.717) is 23.5 Å². The van der Waals surface area contributed by atoms with E-state index in [0.717, 1.165) is 14.7 Å². The molecule has 2 bridgehead atoms. The highest BCUT2D eigenvalue weighted by atomic mass is 127. The average molecular weight is 705 g/mol. The zero-order valence-corrected chi connectivity index (χ0v) is 27.8. The number of esters is 2. The minimum Gasteiger partial charge on any atom is -0.426 e. The molecule has 0 aromatic heterocycles. The van der Waals surface area contributed by atoms with Crippen molar-refractivity contribution >= 4 is 34.5 Å². The van der Waals surface area contributed by atoms with Gasteiger partial charge in [-0.1, -0.05) is 72.8 Å². The highest BCUT2D eigenvalue weighted by Crippen LogP contribution is 2.64. The van der Waals surface area contributed by atoms with Crippen molar-refractivity contribution in [3.05, 3.63) is 163 Å². The van der Waals surface area contributed by atoms with Gasteiger partial charge in [0.1, 0.15) is 11.5 Å². The van der Waals surface area contributed by atoms with E-state index in [9.17, 15) is 9.59 Å². The maximum atomic E-state index is 13.7. The topological polar surface area (TPSA) is 52.6 Å². The van der Waals surface area contributed by atoms with Gasteiger partial charge in [0, 0.05) is 20.6 Å². The number of ether oxygens (including phenoxy) is 2. The van der Waals surface area contributed by atoms with E-state index in [2.05, 4.69) is 102 Å². The SMILES string of the molecule is Cc1ccccc1CC12c3ccccc3C(c3ccccc31)c1c(OC(=O)C(C)(C)C)ccc(OC(=O)c3ccc(I)cc3)c12. The lowest BCUT2D eigenvalue weighted by Gasteiger charge is -2.51. The van der Waals surface area contributed by atoms with Gasteiger partial charge >= 0.3 is 11.9 Å². The van der Waals surface area contributed by atoms with Gasteiger partial charge in [-0.25, -0.2) is 4.79 Å². The van der Waals surface area contributed by atoms with E-state index in [4.69, 9.17) is 9.47 Å². The van der Waals surface area contributed by atoms with Crippen molar-refractivity contribution in [3.8, 4) is 11.5 Å². The molecule has 0 unspecified atom stereocenters. The summed E-state index contributed by atoms with van der Waals surface area (Å²) in [5, 5.41) is 0. The molecule has 5 aromatic rings. The first-order valence-corrected chi connectivity index (χ1v) is 16.3. The number of hydrogen-bond acceptors (Lipinski definition) is 4. The molecule has 0 saturated heterocycles. The molecular formula is C40H33IO4. The second-order valence-electron chi connectivity index (χ2n) is 13.0. The smallest absolute Gasteiger partial charge is 0.343 e. The molecule has 0 spiro atoms. The zero-order chi connectivity index (χ0) is 31.5. The molecule has 0 atom stereocenters. The van der Waals surface area contributed by atoms with Crippen LogP contribution in [0.3, 0.4) is 0 Å². The van der Waals surface area contributed by atoms with Crippen LogP contribution in [-0.2, 0) is 16.6 Å². The summed E-state index contributed by atoms with van der Waals surface area (Å²) in [7, 11) is 0. The number of hydrogen-bond donors (Lipinski definition) is 0. The lowest BCUT2D eigenvalue weighted by Crippen LogP contribution is -2.44. The minimum absolute atomic E-state index is 0.203. The average Bonchev–Trinajstić information content (AvgIpc) is 3.03. The molecule has 4 nitrogen and oxygen atoms in total. The van der Waals surface area contributed by atoms with Crippen molar-refractivity contribution in [1.82, 2.24) is 0 Å². The van der Waals surface area contributed by atoms with Crippen LogP contribution in [0.2, 0.25) is 0 Å². The van der Waals surface area contributed by atoms with E-state index >= 15 is 0 Å². The Bertz CT molecular complexity index is 1940. The zero-order valence-electron chi connectivity index (χ0n) is 25.7. The monoisotopic (exact) mass is 704 g/mol. The number of carbonyl (C=O) groups excluding carboxylic acids is 2. The fraction of sp³-hybridized carbons (Fsp3) is 0.200. The van der Waals surface area contributed by atoms with Crippen LogP contribution in [0, 0.1) is 15.9 Å². The summed E-state index contributed by atoms with van der Waals surface area (Å²) in [6.45, 7) is 7.71. The van der Waals surface area contributed by atoms with Crippen LogP contribution in [0.25, 0.3) is 0 Å². The number of rotatable bonds is 5. The largest absolute Gasteiger partial charge is 0.426 e. The Kier molecular flexibility index (Phi) is 7.20. The van der Waals surface area contributed by atoms with Crippen LogP contribution in [0.15, 0.2) is 109 Å². The van der Waals surface area contributed by atoms with E-state index in [-0.39, 0.29) is 11.9 Å². The van der Waals surface area contributed by atoms with Crippen LogP contribution < -0.4 is 9.47 Å². The number of halogens is 1. The first kappa shape index (κ1) is 29.5. The third-order valence-electron chi connectivity index (χ3n) is 9.16. The summed E-state index contributed by atoms with van der Waals surface area (Å²) < 4.78 is 13.7. The third-order valence-corrected chi connectivity index (χ3v) is 9.88. The van der Waals surface area contributed by atoms with Gasteiger partial charge in [0.05, 0.1) is 16.4 Å². The molecule has 3 aliphatic rings. The quantitative estimate of drug-likeness (QED) is 0.104. The molecule has 5 heteroatoms. The summed E-state index contributed by atoms with van der Waals surface area (Å²) in [5.74, 6) is 0.0334. The molecule has 3 aliphatic carbocycles. The van der Waals surface area contributed by atoms with Gasteiger partial charge < -0.3 is 9.47 Å². The Balaban J connectivity index is 1.54. The molecule has 45 heavy (non-hydrogen) atoms. The van der Waals surface area contributed by atoms with Crippen LogP contribution in [0.1, 0.15) is 81.6 Å². The van der Waals surface area contributed by atoms with Crippen molar-refractivity contribution in [1.29, 1.82) is 0 Å². The number of benzene rings is 5. The Morgan fingerprint density at radius 2 is 1.31 bits per heavy atom. The van der Waals surface area contributed by atoms with E-state index in [1.54, 1.807) is 24.3 Å². The standard InChI is InChI=1S/C40H33IO4/c1-24-11-5-6-12-26(24)23-40-30-15-9-7-13-28(30)34(29-14-8-10-16-31(29)40)35-32(45-38(43)39(2,3)4)21-22-33(36(35)40)44-37(42)25-17-19-27(41)20-18-25/h5-22,34H,23H2,1-4H3. The Hall–Kier alpha value is -4.23. The highest BCUT2D eigenvalue weighted by Gasteiger charge is 2.54. The van der Waals surface area contributed by atoms with Crippen molar-refractivity contribution in [2.75, 3.05) is 0 Å². The maximum absolute atomic E-state index is 13.7. The van der Waals surface area contributed by atoms with Crippen LogP contribution >= 0.6 is 22.6 Å². The summed E-state index contributed by atoms with van der Waals surface area (Å²) >= 11 is 2.22. The molecule has 224 valence electrons. The van der Waals surface area contributed by atoms with E-state index in [1.165, 1.54) is 33.4 Å². The Morgan fingerprint density at radius 1 is 0.733 bits per heavy atom. The van der Waals surface area contributed by atoms with Crippen molar-refractivity contribution in [3.63, 3.8) is 0 Å². The van der Waals surface area contributed by atoms with Gasteiger partial charge in [-0.15, -0.1) is 0 Å². The maximum Gasteiger partial charge on any atom is 0.343 e. The molecule has 0 amide bonds. The van der Waals surface area contributed by atoms with E-state index < -0.39 is 16.8 Å². The minimum atomic E-state index is -0.713. The Labute approximate surface area is 277 Å². The van der Waals surface area contributed by atoms with Crippen molar-refractivity contribution in [2.24, 2.45) is 5.41 Å². The lowest BCUT2D eigenvalue weighted by molar-refractivity contribution is -0.143. The summed E-state index contributed by atoms with van der Waals surface area (Å²) in [6, 6.07) is 36.5. The van der Waals surface area contributed by atoms with Crippen LogP contribution in [-0.4, -0.2) is 11.9 Å². The fourth-order valence-corrected chi connectivity index (χ4v) is 7.38. The van der Waals surface area contributed by atoms with Gasteiger partial charge in [0.15, 0.2) is 0 Å². The third kappa shape index (κ3) is 4.80. The summed E-state index contributed by atoms with van der Waals surface area (Å²) in [5.41, 5.74) is 7.90. The van der Waals surface area contributed by atoms with E-state index in [1.807, 2.05) is 32.9 Å². The van der Waals surface area contributed by atoms with Crippen molar-refractivity contribution < 1.29 is 19.1 Å². The fourth-order valence-electron chi connectivity index (χ4n) is 7.02. The molecule has 8 rings (SSSR count). The normalized spacial score (nSPS) is 17.6. The Morgan fingerprint density at radius 3 is 1.93 bits per heavy atom. The lowest BCUT2D eigenvalue weighted by atomic mass is 9.51. The molecule has 0 heterocycles. The van der Waals surface area contributed by atoms with Gasteiger partial charge in [-0.3, -0.25) is 4.79 Å². The molecule has 0 fully saturated rings. The molecule has 5 aromatic carbocycles. The second kappa shape index (κ2) is 11.0. The number of aryl methyl sites for hydroxylation is 1. The van der Waals surface area contributed by atoms with Crippen LogP contribution in [0.5, 0.6) is 11.5 Å². The van der Waals surface area contributed by atoms with Gasteiger partial charge in [0.2, 0.25) is 0 Å². The molecule has 0 saturated carbocycles. The first-order chi connectivity index (χ1) is 21.6. The van der Waals surface area contributed by atoms with Gasteiger partial charge in [0.25, 0.3) is 0 Å². The second-order valence-corrected chi connectivity index (χ2v) is 14.2. The van der Waals surface area contributed by atoms with Crippen LogP contribution in [0.4, 0.5) is 0 Å². The summed E-state index contributed by atoms with van der Waals surface area (Å²) in [4.78, 5) is 27.1. The summed E-state index contributed by atoms with van der Waals surface area (Å²) in [6.07, 6.45) is 0.637. The van der Waals surface area contributed by atoms with Gasteiger partial charge in [-0.2, -0.15) is 0 Å². The predicted octanol–water partition coefficient (Wildman–Crippen LogP) is 9.15. The van der Waals surface area contributed by atoms with Gasteiger partial charge in [-0.05, 0) is 126 Å². The highest BCUT2D eigenvalue weighted by molar-refractivity contribution is 14.1. The first-order valence-electron chi connectivity index (χ1n) is 15.2. The predicted molar refractivity (Wildman–Crippen MR) is 184 cm³/mol. The van der Waals surface area contributed by atoms with Crippen molar-refractivity contribution in [2.45, 2.75) is 45.4 Å². The molecule has 0 radical (unpaired) electrons. The molecular weight excluding hydrogens is 671 g/mol.